The molecule has 2 unspecified atom stereocenters. The number of hydrogen-bond donors (Lipinski definition) is 2. The Morgan fingerprint density at radius 3 is 1.46 bits per heavy atom. The van der Waals surface area contributed by atoms with Crippen LogP contribution in [0, 0.1) is 11.8 Å². The van der Waals surface area contributed by atoms with Crippen molar-refractivity contribution in [3.63, 3.8) is 0 Å². The standard InChI is InChI=1S/C30H46BN4O2/c1-23(2)19-29(34-15-11-32-12-16-34)25-7-5-9-27(21-25)36-31-37-28-10-6-8-26(22-28)30(20-24(3)4)35-17-13-33-14-18-35/h5-10,21-24,29-30,32-33H,11-20H2,1-4H3. The minimum atomic E-state index is 0.408. The highest BCUT2D eigenvalue weighted by Gasteiger charge is 2.25. The van der Waals surface area contributed by atoms with Gasteiger partial charge in [0.2, 0.25) is 0 Å². The Hall–Kier alpha value is -2.06. The maximum atomic E-state index is 5.98. The molecule has 0 aliphatic carbocycles. The topological polar surface area (TPSA) is 49.0 Å². The summed E-state index contributed by atoms with van der Waals surface area (Å²) in [6.07, 6.45) is 2.28. The molecule has 0 saturated carbocycles. The monoisotopic (exact) mass is 505 g/mol. The first-order chi connectivity index (χ1) is 18.0. The zero-order valence-corrected chi connectivity index (χ0v) is 23.3. The molecule has 2 aromatic rings. The second-order valence-corrected chi connectivity index (χ2v) is 11.3. The van der Waals surface area contributed by atoms with Gasteiger partial charge in [0.1, 0.15) is 11.5 Å². The van der Waals surface area contributed by atoms with Crippen LogP contribution >= 0.6 is 0 Å². The Balaban J connectivity index is 1.39. The average Bonchev–Trinajstić information content (AvgIpc) is 2.91. The van der Waals surface area contributed by atoms with Gasteiger partial charge in [0.15, 0.2) is 0 Å². The predicted octanol–water partition coefficient (Wildman–Crippen LogP) is 4.66. The Morgan fingerprint density at radius 2 is 1.08 bits per heavy atom. The molecule has 2 fully saturated rings. The average molecular weight is 506 g/mol. The molecule has 2 heterocycles. The highest BCUT2D eigenvalue weighted by Crippen LogP contribution is 2.32. The van der Waals surface area contributed by atoms with Gasteiger partial charge in [-0.05, 0) is 60.1 Å². The minimum absolute atomic E-state index is 0.408. The van der Waals surface area contributed by atoms with Gasteiger partial charge in [0.05, 0.1) is 0 Å². The van der Waals surface area contributed by atoms with E-state index in [0.29, 0.717) is 23.9 Å². The van der Waals surface area contributed by atoms with Gasteiger partial charge in [-0.3, -0.25) is 9.80 Å². The third-order valence-corrected chi connectivity index (χ3v) is 7.43. The van der Waals surface area contributed by atoms with Crippen LogP contribution in [0.25, 0.3) is 0 Å². The second kappa shape index (κ2) is 14.2. The van der Waals surface area contributed by atoms with Gasteiger partial charge in [-0.25, -0.2) is 0 Å². The number of nitrogens with one attached hydrogen (secondary N) is 2. The summed E-state index contributed by atoms with van der Waals surface area (Å²) in [4.78, 5) is 5.21. The van der Waals surface area contributed by atoms with Crippen molar-refractivity contribution in [1.29, 1.82) is 0 Å². The normalized spacial score (nSPS) is 19.1. The van der Waals surface area contributed by atoms with Crippen molar-refractivity contribution in [2.24, 2.45) is 11.8 Å². The van der Waals surface area contributed by atoms with Crippen molar-refractivity contribution in [3.05, 3.63) is 59.7 Å². The molecule has 201 valence electrons. The molecule has 2 aliphatic rings. The van der Waals surface area contributed by atoms with E-state index in [1.807, 2.05) is 12.1 Å². The van der Waals surface area contributed by atoms with Crippen LogP contribution in [0.15, 0.2) is 48.5 Å². The van der Waals surface area contributed by atoms with Crippen molar-refractivity contribution in [2.45, 2.75) is 52.6 Å². The summed E-state index contributed by atoms with van der Waals surface area (Å²) < 4.78 is 12.0. The molecule has 2 atom stereocenters. The molecule has 37 heavy (non-hydrogen) atoms. The molecular weight excluding hydrogens is 459 g/mol. The molecule has 0 aromatic heterocycles. The largest absolute Gasteiger partial charge is 0.658 e. The Kier molecular flexibility index (Phi) is 10.7. The Labute approximate surface area is 225 Å². The van der Waals surface area contributed by atoms with Gasteiger partial charge in [0, 0.05) is 64.4 Å². The van der Waals surface area contributed by atoms with Crippen molar-refractivity contribution in [3.8, 4) is 11.5 Å². The summed E-state index contributed by atoms with van der Waals surface area (Å²) in [7, 11) is 1.47. The fraction of sp³-hybridized carbons (Fsp3) is 0.600. The Bertz CT molecular complexity index is 869. The summed E-state index contributed by atoms with van der Waals surface area (Å²) in [5.41, 5.74) is 2.63. The first kappa shape index (κ1) is 28.0. The maximum Gasteiger partial charge on any atom is 0.658 e. The molecular formula is C30H46BN4O2. The van der Waals surface area contributed by atoms with Gasteiger partial charge in [0.25, 0.3) is 0 Å². The molecule has 2 aliphatic heterocycles. The summed E-state index contributed by atoms with van der Waals surface area (Å²) in [5.74, 6) is 2.90. The zero-order chi connectivity index (χ0) is 26.0. The fourth-order valence-corrected chi connectivity index (χ4v) is 5.60. The lowest BCUT2D eigenvalue weighted by molar-refractivity contribution is 0.154. The zero-order valence-electron chi connectivity index (χ0n) is 23.3. The summed E-state index contributed by atoms with van der Waals surface area (Å²) >= 11 is 0. The van der Waals surface area contributed by atoms with Gasteiger partial charge in [-0.15, -0.1) is 0 Å². The molecule has 0 bridgehead atoms. The molecule has 1 radical (unpaired) electrons. The molecule has 0 amide bonds. The quantitative estimate of drug-likeness (QED) is 0.409. The van der Waals surface area contributed by atoms with Crippen LogP contribution in [-0.2, 0) is 0 Å². The summed E-state index contributed by atoms with van der Waals surface area (Å²) in [6, 6.07) is 17.8. The molecule has 2 saturated heterocycles. The van der Waals surface area contributed by atoms with Crippen molar-refractivity contribution in [1.82, 2.24) is 20.4 Å². The maximum absolute atomic E-state index is 5.98. The summed E-state index contributed by atoms with van der Waals surface area (Å²) in [6.45, 7) is 17.8. The van der Waals surface area contributed by atoms with E-state index in [2.05, 4.69) is 84.5 Å². The number of benzene rings is 2. The third-order valence-electron chi connectivity index (χ3n) is 7.43. The number of hydrogen-bond acceptors (Lipinski definition) is 6. The summed E-state index contributed by atoms with van der Waals surface area (Å²) in [5, 5.41) is 6.95. The highest BCUT2D eigenvalue weighted by molar-refractivity contribution is 6.20. The van der Waals surface area contributed by atoms with Gasteiger partial charge in [-0.2, -0.15) is 0 Å². The Morgan fingerprint density at radius 1 is 0.676 bits per heavy atom. The molecule has 7 heteroatoms. The van der Waals surface area contributed by atoms with E-state index in [1.165, 1.54) is 18.8 Å². The fourth-order valence-electron chi connectivity index (χ4n) is 5.60. The first-order valence-corrected chi connectivity index (χ1v) is 14.2. The van der Waals surface area contributed by atoms with Crippen LogP contribution in [0.4, 0.5) is 0 Å². The molecule has 6 nitrogen and oxygen atoms in total. The molecule has 4 rings (SSSR count). The van der Waals surface area contributed by atoms with E-state index in [9.17, 15) is 0 Å². The van der Waals surface area contributed by atoms with Gasteiger partial charge < -0.3 is 19.9 Å². The minimum Gasteiger partial charge on any atom is -0.526 e. The van der Waals surface area contributed by atoms with Crippen LogP contribution in [0.5, 0.6) is 11.5 Å². The van der Waals surface area contributed by atoms with Crippen LogP contribution in [-0.4, -0.2) is 69.8 Å². The van der Waals surface area contributed by atoms with E-state index in [0.717, 1.165) is 76.7 Å². The lowest BCUT2D eigenvalue weighted by Gasteiger charge is -2.36. The van der Waals surface area contributed by atoms with Gasteiger partial charge in [-0.1, -0.05) is 52.0 Å². The van der Waals surface area contributed by atoms with Crippen LogP contribution in [0.2, 0.25) is 0 Å². The number of nitrogens with zero attached hydrogens (tertiary/aromatic N) is 2. The SMILES string of the molecule is CC(C)CC(c1cccc(O[B]Oc2cccc(C(CC(C)C)N3CCNCC3)c2)c1)N1CCNCC1. The lowest BCUT2D eigenvalue weighted by Crippen LogP contribution is -2.45. The smallest absolute Gasteiger partial charge is 0.526 e. The van der Waals surface area contributed by atoms with Crippen molar-refractivity contribution < 1.29 is 9.31 Å². The lowest BCUT2D eigenvalue weighted by atomic mass is 9.94. The number of piperazine rings is 2. The van der Waals surface area contributed by atoms with Crippen molar-refractivity contribution >= 4 is 7.69 Å². The van der Waals surface area contributed by atoms with E-state index >= 15 is 0 Å². The van der Waals surface area contributed by atoms with E-state index < -0.39 is 0 Å². The van der Waals surface area contributed by atoms with E-state index in [4.69, 9.17) is 9.31 Å². The first-order valence-electron chi connectivity index (χ1n) is 14.2. The van der Waals surface area contributed by atoms with Crippen LogP contribution in [0.3, 0.4) is 0 Å². The van der Waals surface area contributed by atoms with Crippen LogP contribution in [0.1, 0.15) is 63.7 Å². The number of rotatable bonds is 12. The van der Waals surface area contributed by atoms with Crippen LogP contribution < -0.4 is 19.9 Å². The molecule has 2 N–H and O–H groups in total. The van der Waals surface area contributed by atoms with Gasteiger partial charge >= 0.3 is 7.69 Å². The molecule has 0 spiro atoms. The van der Waals surface area contributed by atoms with Crippen molar-refractivity contribution in [2.75, 3.05) is 52.4 Å². The second-order valence-electron chi connectivity index (χ2n) is 11.3. The third kappa shape index (κ3) is 8.47. The van der Waals surface area contributed by atoms with E-state index in [-0.39, 0.29) is 0 Å². The predicted molar refractivity (Wildman–Crippen MR) is 153 cm³/mol. The highest BCUT2D eigenvalue weighted by atomic mass is 16.6. The molecule has 2 aromatic carbocycles. The van der Waals surface area contributed by atoms with E-state index in [1.54, 1.807) is 0 Å².